The first-order chi connectivity index (χ1) is 24.7. The molecule has 9 rings (SSSR count). The summed E-state index contributed by atoms with van der Waals surface area (Å²) < 4.78 is 4.43. The summed E-state index contributed by atoms with van der Waals surface area (Å²) in [5, 5.41) is 34.1. The monoisotopic (exact) mass is 635 g/mol. The zero-order valence-corrected chi connectivity index (χ0v) is 26.7. The van der Waals surface area contributed by atoms with Gasteiger partial charge in [0.05, 0.1) is 56.6 Å². The van der Waals surface area contributed by atoms with E-state index in [1.54, 1.807) is 0 Å². The van der Waals surface area contributed by atoms with Gasteiger partial charge in [0, 0.05) is 32.8 Å². The van der Waals surface area contributed by atoms with Gasteiger partial charge in [0.2, 0.25) is 0 Å². The summed E-state index contributed by atoms with van der Waals surface area (Å²) in [5.41, 5.74) is 11.5. The lowest BCUT2D eigenvalue weighted by molar-refractivity contribution is 1.18. The molecule has 0 radical (unpaired) electrons. The number of para-hydroxylation sites is 4. The van der Waals surface area contributed by atoms with Crippen LogP contribution in [0.1, 0.15) is 16.7 Å². The van der Waals surface area contributed by atoms with Gasteiger partial charge in [-0.2, -0.15) is 15.8 Å². The minimum atomic E-state index is 0.560. The highest BCUT2D eigenvalue weighted by atomic mass is 15.0. The van der Waals surface area contributed by atoms with Crippen molar-refractivity contribution in [1.29, 1.82) is 15.8 Å². The van der Waals surface area contributed by atoms with Crippen molar-refractivity contribution in [1.82, 2.24) is 9.13 Å². The van der Waals surface area contributed by atoms with E-state index in [-0.39, 0.29) is 0 Å². The zero-order valence-electron chi connectivity index (χ0n) is 26.7. The molecular weight excluding hydrogens is 611 g/mol. The van der Waals surface area contributed by atoms with E-state index in [9.17, 15) is 15.8 Å². The molecule has 0 aliphatic carbocycles. The Balaban J connectivity index is 1.30. The highest BCUT2D eigenvalue weighted by Crippen LogP contribution is 2.41. The highest BCUT2D eigenvalue weighted by Gasteiger charge is 2.20. The quantitative estimate of drug-likeness (QED) is 0.193. The largest absolute Gasteiger partial charge is 0.309 e. The molecule has 2 heterocycles. The molecule has 230 valence electrons. The van der Waals surface area contributed by atoms with E-state index >= 15 is 0 Å². The van der Waals surface area contributed by atoms with Crippen molar-refractivity contribution in [2.75, 3.05) is 0 Å². The molecule has 50 heavy (non-hydrogen) atoms. The second-order valence-corrected chi connectivity index (χ2v) is 12.3. The second-order valence-electron chi connectivity index (χ2n) is 12.3. The number of aromatic nitrogens is 2. The molecule has 0 spiro atoms. The summed E-state index contributed by atoms with van der Waals surface area (Å²) in [6, 6.07) is 57.8. The van der Waals surface area contributed by atoms with E-state index in [2.05, 4.69) is 94.1 Å². The average Bonchev–Trinajstić information content (AvgIpc) is 3.70. The topological polar surface area (TPSA) is 81.2 Å². The van der Waals surface area contributed by atoms with Crippen LogP contribution in [0.5, 0.6) is 0 Å². The molecule has 5 nitrogen and oxygen atoms in total. The van der Waals surface area contributed by atoms with E-state index in [1.807, 2.05) is 84.9 Å². The molecule has 0 N–H and O–H groups in total. The summed E-state index contributed by atoms with van der Waals surface area (Å²) in [4.78, 5) is 0. The van der Waals surface area contributed by atoms with Crippen molar-refractivity contribution < 1.29 is 0 Å². The molecule has 0 atom stereocenters. The summed E-state index contributed by atoms with van der Waals surface area (Å²) in [5.74, 6) is 0. The third kappa shape index (κ3) is 4.31. The summed E-state index contributed by atoms with van der Waals surface area (Å²) >= 11 is 0. The van der Waals surface area contributed by atoms with Crippen LogP contribution in [0.4, 0.5) is 0 Å². The van der Waals surface area contributed by atoms with E-state index < -0.39 is 0 Å². The fraction of sp³-hybridized carbons (Fsp3) is 0. The van der Waals surface area contributed by atoms with Crippen molar-refractivity contribution in [2.24, 2.45) is 0 Å². The van der Waals surface area contributed by atoms with Crippen molar-refractivity contribution in [3.05, 3.63) is 168 Å². The van der Waals surface area contributed by atoms with E-state index in [1.165, 1.54) is 0 Å². The Morgan fingerprint density at radius 3 is 1.84 bits per heavy atom. The Kier molecular flexibility index (Phi) is 6.56. The van der Waals surface area contributed by atoms with Crippen molar-refractivity contribution >= 4 is 43.6 Å². The van der Waals surface area contributed by atoms with Gasteiger partial charge in [0.15, 0.2) is 0 Å². The standard InChI is InChI=1S/C45H25N5/c46-26-29-19-21-34(31-9-7-11-33(25-31)49-41-16-4-3-14-37(41)40-24-30(27-47)20-22-44(40)49)39(23-29)36-13-2-6-18-43(36)50-42-17-5-1-12-35(42)38-15-8-10-32(28-48)45(38)50/h1-25H. The number of hydrogen-bond donors (Lipinski definition) is 0. The van der Waals surface area contributed by atoms with Crippen LogP contribution in [0.2, 0.25) is 0 Å². The Morgan fingerprint density at radius 1 is 0.400 bits per heavy atom. The van der Waals surface area contributed by atoms with Crippen molar-refractivity contribution in [2.45, 2.75) is 0 Å². The predicted molar refractivity (Wildman–Crippen MR) is 200 cm³/mol. The van der Waals surface area contributed by atoms with E-state index in [4.69, 9.17) is 0 Å². The lowest BCUT2D eigenvalue weighted by Gasteiger charge is -2.18. The Hall–Kier alpha value is -7.39. The first-order valence-corrected chi connectivity index (χ1v) is 16.3. The number of fused-ring (bicyclic) bond motifs is 6. The number of rotatable bonds is 4. The molecule has 0 fully saturated rings. The molecular formula is C45H25N5. The Morgan fingerprint density at radius 2 is 1.04 bits per heavy atom. The first kappa shape index (κ1) is 28.8. The molecule has 0 unspecified atom stereocenters. The SMILES string of the molecule is N#Cc1ccc(-c2cccc(-n3c4ccccc4c4cc(C#N)ccc43)c2)c(-c2ccccc2-n2c3ccccc3c3cccc(C#N)c32)c1. The van der Waals surface area contributed by atoms with Gasteiger partial charge in [-0.05, 0) is 83.4 Å². The van der Waals surface area contributed by atoms with Crippen molar-refractivity contribution in [3.63, 3.8) is 0 Å². The minimum absolute atomic E-state index is 0.560. The second kappa shape index (κ2) is 11.4. The predicted octanol–water partition coefficient (Wildman–Crippen LogP) is 10.8. The molecule has 0 bridgehead atoms. The molecule has 0 saturated carbocycles. The number of benzene rings is 7. The molecule has 0 amide bonds. The van der Waals surface area contributed by atoms with Crippen LogP contribution >= 0.6 is 0 Å². The molecule has 9 aromatic rings. The maximum Gasteiger partial charge on any atom is 0.101 e. The maximum absolute atomic E-state index is 10.2. The zero-order chi connectivity index (χ0) is 33.8. The van der Waals surface area contributed by atoms with Crippen LogP contribution in [0, 0.1) is 34.0 Å². The van der Waals surface area contributed by atoms with Gasteiger partial charge in [-0.25, -0.2) is 0 Å². The Bertz CT molecular complexity index is 2970. The van der Waals surface area contributed by atoms with Gasteiger partial charge >= 0.3 is 0 Å². The van der Waals surface area contributed by atoms with Gasteiger partial charge in [-0.1, -0.05) is 84.9 Å². The smallest absolute Gasteiger partial charge is 0.101 e. The summed E-state index contributed by atoms with van der Waals surface area (Å²) in [7, 11) is 0. The fourth-order valence-corrected chi connectivity index (χ4v) is 7.48. The minimum Gasteiger partial charge on any atom is -0.309 e. The molecule has 5 heteroatoms. The molecule has 7 aromatic carbocycles. The normalized spacial score (nSPS) is 11.1. The maximum atomic E-state index is 10.2. The molecule has 0 aliphatic rings. The lowest BCUT2D eigenvalue weighted by Crippen LogP contribution is -2.00. The van der Waals surface area contributed by atoms with Crippen LogP contribution < -0.4 is 0 Å². The summed E-state index contributed by atoms with van der Waals surface area (Å²) in [6.45, 7) is 0. The number of hydrogen-bond acceptors (Lipinski definition) is 3. The molecule has 2 aromatic heterocycles. The highest BCUT2D eigenvalue weighted by molar-refractivity contribution is 6.12. The van der Waals surface area contributed by atoms with Gasteiger partial charge in [0.25, 0.3) is 0 Å². The van der Waals surface area contributed by atoms with E-state index in [0.29, 0.717) is 16.7 Å². The average molecular weight is 636 g/mol. The van der Waals surface area contributed by atoms with Crippen LogP contribution in [0.25, 0.3) is 77.2 Å². The van der Waals surface area contributed by atoms with Gasteiger partial charge < -0.3 is 9.13 Å². The molecule has 0 aliphatic heterocycles. The van der Waals surface area contributed by atoms with Gasteiger partial charge in [0.1, 0.15) is 6.07 Å². The third-order valence-corrected chi connectivity index (χ3v) is 9.62. The molecule has 0 saturated heterocycles. The summed E-state index contributed by atoms with van der Waals surface area (Å²) in [6.07, 6.45) is 0. The van der Waals surface area contributed by atoms with Crippen LogP contribution in [-0.2, 0) is 0 Å². The fourth-order valence-electron chi connectivity index (χ4n) is 7.48. The number of nitrogens with zero attached hydrogens (tertiary/aromatic N) is 5. The van der Waals surface area contributed by atoms with Crippen LogP contribution in [0.15, 0.2) is 152 Å². The van der Waals surface area contributed by atoms with Crippen LogP contribution in [-0.4, -0.2) is 9.13 Å². The van der Waals surface area contributed by atoms with Gasteiger partial charge in [-0.3, -0.25) is 0 Å². The third-order valence-electron chi connectivity index (χ3n) is 9.62. The van der Waals surface area contributed by atoms with Crippen molar-refractivity contribution in [3.8, 4) is 51.8 Å². The van der Waals surface area contributed by atoms with E-state index in [0.717, 1.165) is 77.2 Å². The Labute approximate surface area is 287 Å². The van der Waals surface area contributed by atoms with Crippen LogP contribution in [0.3, 0.4) is 0 Å². The van der Waals surface area contributed by atoms with Gasteiger partial charge in [-0.15, -0.1) is 0 Å². The lowest BCUT2D eigenvalue weighted by atomic mass is 9.91. The first-order valence-electron chi connectivity index (χ1n) is 16.3. The number of nitriles is 3.